The summed E-state index contributed by atoms with van der Waals surface area (Å²) in [6, 6.07) is 13.3. The van der Waals surface area contributed by atoms with Crippen molar-refractivity contribution in [3.8, 4) is 11.8 Å². The topological polar surface area (TPSA) is 97.0 Å². The highest BCUT2D eigenvalue weighted by atomic mass is 32.1. The summed E-state index contributed by atoms with van der Waals surface area (Å²) in [7, 11) is 0. The summed E-state index contributed by atoms with van der Waals surface area (Å²) in [5.74, 6) is -0.544. The van der Waals surface area contributed by atoms with Gasteiger partial charge in [-0.05, 0) is 36.9 Å². The molecule has 2 aromatic heterocycles. The number of nitrogens with zero attached hydrogens (tertiary/aromatic N) is 3. The Morgan fingerprint density at radius 2 is 2.07 bits per heavy atom. The van der Waals surface area contributed by atoms with Gasteiger partial charge in [-0.15, -0.1) is 0 Å². The average Bonchev–Trinajstić information content (AvgIpc) is 3.38. The van der Waals surface area contributed by atoms with Crippen molar-refractivity contribution < 1.29 is 14.3 Å². The highest BCUT2D eigenvalue weighted by Gasteiger charge is 2.18. The maximum Gasteiger partial charge on any atom is 0.306 e. The zero-order valence-corrected chi connectivity index (χ0v) is 16.7. The van der Waals surface area contributed by atoms with Gasteiger partial charge in [-0.1, -0.05) is 18.2 Å². The summed E-state index contributed by atoms with van der Waals surface area (Å²) in [4.78, 5) is 23.9. The monoisotopic (exact) mass is 408 g/mol. The zero-order chi connectivity index (χ0) is 20.6. The molecule has 1 N–H and O–H groups in total. The minimum atomic E-state index is -0.392. The lowest BCUT2D eigenvalue weighted by Crippen LogP contribution is -2.24. The number of carbonyl (C=O) groups is 2. The molecule has 2 heterocycles. The Balaban J connectivity index is 1.53. The Hall–Kier alpha value is -3.44. The van der Waals surface area contributed by atoms with E-state index in [9.17, 15) is 14.9 Å². The number of nitrogens with one attached hydrogen (secondary N) is 1. The second kappa shape index (κ2) is 9.66. The molecule has 29 heavy (non-hydrogen) atoms. The van der Waals surface area contributed by atoms with Gasteiger partial charge in [-0.2, -0.15) is 21.7 Å². The van der Waals surface area contributed by atoms with Gasteiger partial charge in [-0.3, -0.25) is 9.59 Å². The van der Waals surface area contributed by atoms with Crippen LogP contribution in [0, 0.1) is 18.3 Å². The van der Waals surface area contributed by atoms with Crippen LogP contribution in [-0.2, 0) is 16.1 Å². The fourth-order valence-corrected chi connectivity index (χ4v) is 3.42. The maximum absolute atomic E-state index is 12.1. The number of thiophene rings is 1. The van der Waals surface area contributed by atoms with Crippen molar-refractivity contribution in [2.24, 2.45) is 0 Å². The second-order valence-corrected chi connectivity index (χ2v) is 7.08. The maximum atomic E-state index is 12.1. The van der Waals surface area contributed by atoms with Crippen molar-refractivity contribution in [3.05, 3.63) is 69.7 Å². The van der Waals surface area contributed by atoms with Gasteiger partial charge in [0, 0.05) is 23.9 Å². The molecule has 0 saturated heterocycles. The molecule has 0 aliphatic carbocycles. The Morgan fingerprint density at radius 1 is 1.28 bits per heavy atom. The van der Waals surface area contributed by atoms with E-state index in [4.69, 9.17) is 4.74 Å². The fourth-order valence-electron chi connectivity index (χ4n) is 2.79. The molecule has 0 unspecified atom stereocenters. The molecule has 0 fully saturated rings. The zero-order valence-electron chi connectivity index (χ0n) is 15.9. The number of esters is 1. The van der Waals surface area contributed by atoms with Crippen LogP contribution >= 0.6 is 11.3 Å². The lowest BCUT2D eigenvalue weighted by atomic mass is 10.2. The lowest BCUT2D eigenvalue weighted by molar-refractivity contribution is -0.145. The molecule has 0 aliphatic heterocycles. The van der Waals surface area contributed by atoms with Crippen molar-refractivity contribution in [1.82, 2.24) is 15.1 Å². The summed E-state index contributed by atoms with van der Waals surface area (Å²) in [5.41, 5.74) is 2.93. The van der Waals surface area contributed by atoms with Crippen molar-refractivity contribution in [1.29, 1.82) is 5.26 Å². The summed E-state index contributed by atoms with van der Waals surface area (Å²) in [6.45, 7) is 2.09. The molecule has 3 rings (SSSR count). The Labute approximate surface area is 172 Å². The molecule has 7 nitrogen and oxygen atoms in total. The van der Waals surface area contributed by atoms with Crippen LogP contribution in [0.2, 0.25) is 0 Å². The van der Waals surface area contributed by atoms with Crippen LogP contribution in [0.4, 0.5) is 0 Å². The third kappa shape index (κ3) is 5.09. The first-order valence-corrected chi connectivity index (χ1v) is 10.0. The molecule has 148 valence electrons. The minimum absolute atomic E-state index is 0.0429. The number of hydrogen-bond donors (Lipinski definition) is 1. The Morgan fingerprint density at radius 3 is 2.76 bits per heavy atom. The number of ether oxygens (including phenoxy) is 1. The normalized spacial score (nSPS) is 10.3. The van der Waals surface area contributed by atoms with Crippen LogP contribution in [0.5, 0.6) is 0 Å². The third-order valence-corrected chi connectivity index (χ3v) is 4.95. The standard InChI is InChI=1S/C21H20N4O3S/c1-15-18(12-22)19(25(24-15)17-6-3-2-4-7-17)13-28-20(26)8-5-10-23-21(27)16-9-11-29-14-16/h2-4,6-7,9,11,14H,5,8,10,13H2,1H3,(H,23,27). The molecule has 0 radical (unpaired) electrons. The second-order valence-electron chi connectivity index (χ2n) is 6.30. The van der Waals surface area contributed by atoms with Crippen molar-refractivity contribution in [2.75, 3.05) is 6.54 Å². The molecule has 1 aromatic carbocycles. The summed E-state index contributed by atoms with van der Waals surface area (Å²) in [5, 5.41) is 20.2. The molecule has 3 aromatic rings. The first-order valence-electron chi connectivity index (χ1n) is 9.10. The molecule has 0 aliphatic rings. The summed E-state index contributed by atoms with van der Waals surface area (Å²) >= 11 is 1.46. The van der Waals surface area contributed by atoms with E-state index in [2.05, 4.69) is 16.5 Å². The van der Waals surface area contributed by atoms with Crippen molar-refractivity contribution in [3.63, 3.8) is 0 Å². The molecule has 0 saturated carbocycles. The van der Waals surface area contributed by atoms with E-state index in [0.29, 0.717) is 35.5 Å². The van der Waals surface area contributed by atoms with Gasteiger partial charge in [0.05, 0.1) is 17.1 Å². The molecule has 1 amide bonds. The number of carbonyl (C=O) groups excluding carboxylic acids is 2. The van der Waals surface area contributed by atoms with Crippen LogP contribution in [0.3, 0.4) is 0 Å². The van der Waals surface area contributed by atoms with E-state index >= 15 is 0 Å². The molecule has 0 bridgehead atoms. The van der Waals surface area contributed by atoms with Crippen molar-refractivity contribution in [2.45, 2.75) is 26.4 Å². The van der Waals surface area contributed by atoms with Crippen LogP contribution in [0.15, 0.2) is 47.2 Å². The first kappa shape index (κ1) is 20.3. The van der Waals surface area contributed by atoms with Gasteiger partial charge in [0.25, 0.3) is 5.91 Å². The predicted octanol–water partition coefficient (Wildman–Crippen LogP) is 3.37. The molecular formula is C21H20N4O3S. The van der Waals surface area contributed by atoms with Crippen molar-refractivity contribution >= 4 is 23.2 Å². The summed E-state index contributed by atoms with van der Waals surface area (Å²) < 4.78 is 6.99. The van der Waals surface area contributed by atoms with E-state index in [0.717, 1.165) is 5.69 Å². The quantitative estimate of drug-likeness (QED) is 0.455. The highest BCUT2D eigenvalue weighted by molar-refractivity contribution is 7.08. The molecular weight excluding hydrogens is 388 g/mol. The van der Waals surface area contributed by atoms with Gasteiger partial charge < -0.3 is 10.1 Å². The minimum Gasteiger partial charge on any atom is -0.459 e. The largest absolute Gasteiger partial charge is 0.459 e. The number of aromatic nitrogens is 2. The SMILES string of the molecule is Cc1nn(-c2ccccc2)c(COC(=O)CCCNC(=O)c2ccsc2)c1C#N. The Kier molecular flexibility index (Phi) is 6.76. The number of amides is 1. The number of nitriles is 1. The van der Waals surface area contributed by atoms with E-state index in [1.54, 1.807) is 23.1 Å². The van der Waals surface area contributed by atoms with Gasteiger partial charge in [0.15, 0.2) is 0 Å². The van der Waals surface area contributed by atoms with Gasteiger partial charge >= 0.3 is 5.97 Å². The predicted molar refractivity (Wildman–Crippen MR) is 109 cm³/mol. The van der Waals surface area contributed by atoms with E-state index in [1.807, 2.05) is 35.7 Å². The fraction of sp³-hybridized carbons (Fsp3) is 0.238. The van der Waals surface area contributed by atoms with E-state index in [-0.39, 0.29) is 18.9 Å². The highest BCUT2D eigenvalue weighted by Crippen LogP contribution is 2.19. The molecule has 8 heteroatoms. The van der Waals surface area contributed by atoms with Crippen LogP contribution in [0.1, 0.15) is 40.2 Å². The van der Waals surface area contributed by atoms with E-state index in [1.165, 1.54) is 11.3 Å². The Bertz CT molecular complexity index is 1020. The molecule has 0 atom stereocenters. The van der Waals surface area contributed by atoms with Crippen LogP contribution in [-0.4, -0.2) is 28.2 Å². The van der Waals surface area contributed by atoms with Crippen LogP contribution < -0.4 is 5.32 Å². The number of aryl methyl sites for hydroxylation is 1. The number of para-hydroxylation sites is 1. The number of benzene rings is 1. The molecule has 0 spiro atoms. The van der Waals surface area contributed by atoms with Gasteiger partial charge in [0.2, 0.25) is 0 Å². The third-order valence-electron chi connectivity index (χ3n) is 4.27. The van der Waals surface area contributed by atoms with Gasteiger partial charge in [-0.25, -0.2) is 4.68 Å². The van der Waals surface area contributed by atoms with Gasteiger partial charge in [0.1, 0.15) is 18.2 Å². The number of hydrogen-bond acceptors (Lipinski definition) is 6. The van der Waals surface area contributed by atoms with Crippen LogP contribution in [0.25, 0.3) is 5.69 Å². The smallest absolute Gasteiger partial charge is 0.306 e. The number of rotatable bonds is 8. The lowest BCUT2D eigenvalue weighted by Gasteiger charge is -2.09. The average molecular weight is 408 g/mol. The first-order chi connectivity index (χ1) is 14.1. The van der Waals surface area contributed by atoms with E-state index < -0.39 is 5.97 Å². The summed E-state index contributed by atoms with van der Waals surface area (Å²) in [6.07, 6.45) is 0.640.